The Labute approximate surface area is 130 Å². The number of hydrogen-bond acceptors (Lipinski definition) is 3. The Morgan fingerprint density at radius 1 is 1.18 bits per heavy atom. The minimum absolute atomic E-state index is 0.0433. The maximum Gasteiger partial charge on any atom is 0.258 e. The number of aromatic hydroxyl groups is 1. The Hall–Kier alpha value is -2.49. The van der Waals surface area contributed by atoms with Gasteiger partial charge in [0.25, 0.3) is 5.91 Å². The number of nitrogens with zero attached hydrogens (tertiary/aromatic N) is 1. The minimum Gasteiger partial charge on any atom is -0.508 e. The highest BCUT2D eigenvalue weighted by molar-refractivity contribution is 6.01. The third-order valence-corrected chi connectivity index (χ3v) is 4.24. The second-order valence-electron chi connectivity index (χ2n) is 5.65. The van der Waals surface area contributed by atoms with Gasteiger partial charge < -0.3 is 15.3 Å². The molecule has 0 aliphatic carbocycles. The van der Waals surface area contributed by atoms with Crippen LogP contribution in [0.15, 0.2) is 48.5 Å². The summed E-state index contributed by atoms with van der Waals surface area (Å²) in [5.74, 6) is 0.267. The number of carbonyl (C=O) groups is 1. The van der Waals surface area contributed by atoms with E-state index in [-0.39, 0.29) is 23.9 Å². The molecule has 2 N–H and O–H groups in total. The Bertz CT molecular complexity index is 682. The monoisotopic (exact) mass is 296 g/mol. The van der Waals surface area contributed by atoms with E-state index in [0.29, 0.717) is 5.56 Å². The van der Waals surface area contributed by atoms with Gasteiger partial charge in [-0.3, -0.25) is 4.79 Å². The first kappa shape index (κ1) is 14.4. The van der Waals surface area contributed by atoms with E-state index in [1.54, 1.807) is 12.1 Å². The number of nitrogens with one attached hydrogen (secondary N) is 1. The first-order chi connectivity index (χ1) is 10.6. The lowest BCUT2D eigenvalue weighted by Gasteiger charge is -2.41. The maximum absolute atomic E-state index is 12.9. The number of phenolic OH excluding ortho intramolecular Hbond substituents is 1. The van der Waals surface area contributed by atoms with Gasteiger partial charge in [0.1, 0.15) is 11.9 Å². The van der Waals surface area contributed by atoms with Crippen molar-refractivity contribution in [2.24, 2.45) is 0 Å². The van der Waals surface area contributed by atoms with Crippen molar-refractivity contribution in [2.75, 3.05) is 5.32 Å². The van der Waals surface area contributed by atoms with Crippen LogP contribution >= 0.6 is 0 Å². The highest BCUT2D eigenvalue weighted by Gasteiger charge is 2.35. The predicted octanol–water partition coefficient (Wildman–Crippen LogP) is 3.76. The molecule has 1 heterocycles. The van der Waals surface area contributed by atoms with Crippen LogP contribution < -0.4 is 5.32 Å². The van der Waals surface area contributed by atoms with Crippen LogP contribution in [0.4, 0.5) is 5.69 Å². The molecule has 0 fully saturated rings. The fraction of sp³-hybridized carbons (Fsp3) is 0.278. The van der Waals surface area contributed by atoms with Gasteiger partial charge in [-0.05, 0) is 43.2 Å². The van der Waals surface area contributed by atoms with Crippen LogP contribution in [0.1, 0.15) is 42.4 Å². The van der Waals surface area contributed by atoms with Crippen LogP contribution in [-0.2, 0) is 0 Å². The van der Waals surface area contributed by atoms with Gasteiger partial charge in [0.05, 0.1) is 5.56 Å². The fourth-order valence-corrected chi connectivity index (χ4v) is 2.82. The third-order valence-electron chi connectivity index (χ3n) is 4.24. The van der Waals surface area contributed by atoms with Gasteiger partial charge in [-0.1, -0.05) is 31.2 Å². The maximum atomic E-state index is 12.9. The zero-order valence-electron chi connectivity index (χ0n) is 12.8. The van der Waals surface area contributed by atoms with Crippen molar-refractivity contribution >= 4 is 11.6 Å². The van der Waals surface area contributed by atoms with Crippen molar-refractivity contribution in [1.82, 2.24) is 4.90 Å². The standard InChI is InChI=1S/C18H20N2O2/c1-3-12(2)20-17(13-8-10-14(21)11-9-13)19-16-7-5-4-6-15(16)18(20)22/h4-12,17,19,21H,3H2,1-2H3/t12-,17-/m1/s1. The average molecular weight is 296 g/mol. The SMILES string of the molecule is CC[C@@H](C)N1C(=O)c2ccccc2N[C@H]1c1ccc(O)cc1. The summed E-state index contributed by atoms with van der Waals surface area (Å²) in [6.07, 6.45) is 0.655. The molecule has 0 unspecified atom stereocenters. The van der Waals surface area contributed by atoms with Crippen LogP contribution in [0.2, 0.25) is 0 Å². The highest BCUT2D eigenvalue weighted by atomic mass is 16.3. The molecule has 0 radical (unpaired) electrons. The number of para-hydroxylation sites is 1. The normalized spacial score (nSPS) is 18.5. The molecule has 1 aliphatic heterocycles. The number of fused-ring (bicyclic) bond motifs is 1. The molecule has 0 saturated heterocycles. The fourth-order valence-electron chi connectivity index (χ4n) is 2.82. The van der Waals surface area contributed by atoms with Gasteiger partial charge in [0.15, 0.2) is 0 Å². The predicted molar refractivity (Wildman–Crippen MR) is 86.8 cm³/mol. The first-order valence-electron chi connectivity index (χ1n) is 7.59. The Morgan fingerprint density at radius 3 is 2.55 bits per heavy atom. The molecule has 114 valence electrons. The number of carbonyl (C=O) groups excluding carboxylic acids is 1. The smallest absolute Gasteiger partial charge is 0.258 e. The molecule has 4 heteroatoms. The molecular weight excluding hydrogens is 276 g/mol. The molecule has 3 rings (SSSR count). The van der Waals surface area contributed by atoms with E-state index in [2.05, 4.69) is 19.2 Å². The van der Waals surface area contributed by atoms with Crippen molar-refractivity contribution in [3.8, 4) is 5.75 Å². The summed E-state index contributed by atoms with van der Waals surface area (Å²) in [4.78, 5) is 14.8. The number of hydrogen-bond donors (Lipinski definition) is 2. The molecule has 1 aliphatic rings. The Balaban J connectivity index is 2.06. The largest absolute Gasteiger partial charge is 0.508 e. The zero-order valence-corrected chi connectivity index (χ0v) is 12.8. The molecule has 22 heavy (non-hydrogen) atoms. The number of phenols is 1. The molecule has 2 aromatic rings. The average Bonchev–Trinajstić information content (AvgIpc) is 2.55. The number of amides is 1. The Morgan fingerprint density at radius 2 is 1.86 bits per heavy atom. The summed E-state index contributed by atoms with van der Waals surface area (Å²) in [5, 5.41) is 12.9. The molecule has 2 aromatic carbocycles. The van der Waals surface area contributed by atoms with Crippen LogP contribution in [0.3, 0.4) is 0 Å². The van der Waals surface area contributed by atoms with Crippen LogP contribution in [0.25, 0.3) is 0 Å². The number of rotatable bonds is 3. The topological polar surface area (TPSA) is 52.6 Å². The summed E-state index contributed by atoms with van der Waals surface area (Å²) >= 11 is 0. The van der Waals surface area contributed by atoms with E-state index in [1.807, 2.05) is 41.3 Å². The lowest BCUT2D eigenvalue weighted by Crippen LogP contribution is -2.47. The molecule has 0 spiro atoms. The van der Waals surface area contributed by atoms with E-state index in [9.17, 15) is 9.90 Å². The summed E-state index contributed by atoms with van der Waals surface area (Å²) in [6.45, 7) is 4.13. The number of benzene rings is 2. The second kappa shape index (κ2) is 5.72. The van der Waals surface area contributed by atoms with E-state index >= 15 is 0 Å². The summed E-state index contributed by atoms with van der Waals surface area (Å²) in [5.41, 5.74) is 2.52. The Kier molecular flexibility index (Phi) is 3.75. The lowest BCUT2D eigenvalue weighted by atomic mass is 10.0. The zero-order chi connectivity index (χ0) is 15.7. The molecule has 0 bridgehead atoms. The molecule has 4 nitrogen and oxygen atoms in total. The third kappa shape index (κ3) is 2.41. The molecule has 0 saturated carbocycles. The quantitative estimate of drug-likeness (QED) is 0.906. The van der Waals surface area contributed by atoms with Crippen LogP contribution in [0.5, 0.6) is 5.75 Å². The van der Waals surface area contributed by atoms with Gasteiger partial charge in [-0.2, -0.15) is 0 Å². The van der Waals surface area contributed by atoms with Crippen molar-refractivity contribution < 1.29 is 9.90 Å². The van der Waals surface area contributed by atoms with E-state index in [4.69, 9.17) is 0 Å². The van der Waals surface area contributed by atoms with Gasteiger partial charge >= 0.3 is 0 Å². The van der Waals surface area contributed by atoms with Crippen molar-refractivity contribution in [1.29, 1.82) is 0 Å². The van der Waals surface area contributed by atoms with Crippen LogP contribution in [0, 0.1) is 0 Å². The van der Waals surface area contributed by atoms with Gasteiger partial charge in [-0.15, -0.1) is 0 Å². The molecule has 2 atom stereocenters. The minimum atomic E-state index is -0.224. The van der Waals surface area contributed by atoms with Gasteiger partial charge in [-0.25, -0.2) is 0 Å². The summed E-state index contributed by atoms with van der Waals surface area (Å²) in [6, 6.07) is 14.7. The summed E-state index contributed by atoms with van der Waals surface area (Å²) < 4.78 is 0. The van der Waals surface area contributed by atoms with Crippen molar-refractivity contribution in [3.05, 3.63) is 59.7 Å². The van der Waals surface area contributed by atoms with Gasteiger partial charge in [0, 0.05) is 11.7 Å². The van der Waals surface area contributed by atoms with Crippen molar-refractivity contribution in [2.45, 2.75) is 32.5 Å². The lowest BCUT2D eigenvalue weighted by molar-refractivity contribution is 0.0593. The van der Waals surface area contributed by atoms with Crippen LogP contribution in [-0.4, -0.2) is 22.0 Å². The molecule has 0 aromatic heterocycles. The van der Waals surface area contributed by atoms with E-state index in [0.717, 1.165) is 17.7 Å². The van der Waals surface area contributed by atoms with Gasteiger partial charge in [0.2, 0.25) is 0 Å². The molecular formula is C18H20N2O2. The first-order valence-corrected chi connectivity index (χ1v) is 7.59. The van der Waals surface area contributed by atoms with Crippen molar-refractivity contribution in [3.63, 3.8) is 0 Å². The second-order valence-corrected chi connectivity index (χ2v) is 5.65. The number of anilines is 1. The summed E-state index contributed by atoms with van der Waals surface area (Å²) in [7, 11) is 0. The highest BCUT2D eigenvalue weighted by Crippen LogP contribution is 2.35. The van der Waals surface area contributed by atoms with E-state index < -0.39 is 0 Å². The van der Waals surface area contributed by atoms with E-state index in [1.165, 1.54) is 0 Å². The molecule has 1 amide bonds.